The molecule has 5 heteroatoms. The van der Waals surface area contributed by atoms with Crippen LogP contribution in [-0.4, -0.2) is 13.4 Å². The quantitative estimate of drug-likeness (QED) is 0.855. The van der Waals surface area contributed by atoms with Crippen molar-refractivity contribution < 1.29 is 14.3 Å². The van der Waals surface area contributed by atoms with E-state index in [0.29, 0.717) is 6.61 Å². The largest absolute Gasteiger partial charge is 0.454 e. The lowest BCUT2D eigenvalue weighted by atomic mass is 10.1. The van der Waals surface area contributed by atoms with Crippen molar-refractivity contribution in [1.29, 1.82) is 0 Å². The van der Waals surface area contributed by atoms with E-state index in [0.717, 1.165) is 33.5 Å². The number of halogens is 1. The molecule has 2 N–H and O–H groups in total. The second kappa shape index (κ2) is 4.38. The van der Waals surface area contributed by atoms with Crippen LogP contribution in [0, 0.1) is 6.92 Å². The lowest BCUT2D eigenvalue weighted by Gasteiger charge is -2.09. The number of benzene rings is 1. The Kier molecular flexibility index (Phi) is 3.14. The van der Waals surface area contributed by atoms with Crippen LogP contribution in [0.1, 0.15) is 11.1 Å². The van der Waals surface area contributed by atoms with Gasteiger partial charge in [-0.25, -0.2) is 5.90 Å². The van der Waals surface area contributed by atoms with E-state index in [4.69, 9.17) is 15.4 Å². The third-order valence-corrected chi connectivity index (χ3v) is 3.40. The summed E-state index contributed by atoms with van der Waals surface area (Å²) >= 11 is 3.50. The van der Waals surface area contributed by atoms with Gasteiger partial charge in [0.15, 0.2) is 11.5 Å². The zero-order valence-corrected chi connectivity index (χ0v) is 9.96. The number of fused-ring (bicyclic) bond motifs is 1. The third-order valence-electron chi connectivity index (χ3n) is 2.45. The number of hydrogen-bond donors (Lipinski definition) is 1. The fourth-order valence-corrected chi connectivity index (χ4v) is 2.14. The van der Waals surface area contributed by atoms with Crippen LogP contribution in [0.3, 0.4) is 0 Å². The van der Waals surface area contributed by atoms with Gasteiger partial charge in [-0.15, -0.1) is 0 Å². The molecule has 0 aliphatic carbocycles. The lowest BCUT2D eigenvalue weighted by molar-refractivity contribution is 0.141. The molecule has 4 nitrogen and oxygen atoms in total. The van der Waals surface area contributed by atoms with Gasteiger partial charge in [-0.05, 0) is 46.5 Å². The third kappa shape index (κ3) is 1.95. The first kappa shape index (κ1) is 10.7. The predicted molar refractivity (Wildman–Crippen MR) is 58.8 cm³/mol. The molecule has 0 bridgehead atoms. The molecule has 1 aliphatic rings. The lowest BCUT2D eigenvalue weighted by Crippen LogP contribution is -2.05. The van der Waals surface area contributed by atoms with E-state index in [1.807, 2.05) is 13.0 Å². The molecule has 82 valence electrons. The number of ether oxygens (including phenoxy) is 2. The summed E-state index contributed by atoms with van der Waals surface area (Å²) in [5, 5.41) is 0. The van der Waals surface area contributed by atoms with Crippen molar-refractivity contribution in [2.24, 2.45) is 5.90 Å². The van der Waals surface area contributed by atoms with Crippen molar-refractivity contribution >= 4 is 15.9 Å². The van der Waals surface area contributed by atoms with Gasteiger partial charge in [-0.1, -0.05) is 0 Å². The van der Waals surface area contributed by atoms with Crippen LogP contribution in [0.5, 0.6) is 11.5 Å². The molecule has 0 radical (unpaired) electrons. The molecule has 1 aromatic rings. The molecule has 2 rings (SSSR count). The van der Waals surface area contributed by atoms with E-state index in [-0.39, 0.29) is 6.79 Å². The van der Waals surface area contributed by atoms with E-state index in [1.54, 1.807) is 0 Å². The van der Waals surface area contributed by atoms with Crippen LogP contribution in [0.4, 0.5) is 0 Å². The topological polar surface area (TPSA) is 53.7 Å². The molecular weight excluding hydrogens is 262 g/mol. The van der Waals surface area contributed by atoms with E-state index in [9.17, 15) is 0 Å². The Hall–Kier alpha value is -0.780. The molecule has 1 heterocycles. The van der Waals surface area contributed by atoms with Crippen LogP contribution in [-0.2, 0) is 11.3 Å². The minimum Gasteiger partial charge on any atom is -0.454 e. The van der Waals surface area contributed by atoms with Gasteiger partial charge in [-0.3, -0.25) is 0 Å². The minimum atomic E-state index is 0.282. The Morgan fingerprint density at radius 1 is 1.53 bits per heavy atom. The van der Waals surface area contributed by atoms with Crippen LogP contribution in [0.15, 0.2) is 10.5 Å². The molecule has 1 aromatic carbocycles. The highest BCUT2D eigenvalue weighted by Crippen LogP contribution is 2.42. The maximum absolute atomic E-state index is 5.34. The van der Waals surface area contributed by atoms with Crippen molar-refractivity contribution in [1.82, 2.24) is 0 Å². The smallest absolute Gasteiger partial charge is 0.231 e. The van der Waals surface area contributed by atoms with Gasteiger partial charge in [0, 0.05) is 0 Å². The minimum absolute atomic E-state index is 0.282. The molecular formula is C10H12BrNO3. The summed E-state index contributed by atoms with van der Waals surface area (Å²) < 4.78 is 11.6. The van der Waals surface area contributed by atoms with Crippen LogP contribution >= 0.6 is 15.9 Å². The molecule has 0 atom stereocenters. The average molecular weight is 274 g/mol. The monoisotopic (exact) mass is 273 g/mol. The summed E-state index contributed by atoms with van der Waals surface area (Å²) in [4.78, 5) is 4.57. The first-order chi connectivity index (χ1) is 7.24. The normalized spacial score (nSPS) is 13.3. The predicted octanol–water partition coefficient (Wildman–Crippen LogP) is 1.92. The van der Waals surface area contributed by atoms with E-state index < -0.39 is 0 Å². The van der Waals surface area contributed by atoms with Gasteiger partial charge < -0.3 is 14.3 Å². The molecule has 1 aliphatic heterocycles. The zero-order valence-electron chi connectivity index (χ0n) is 8.38. The molecule has 0 fully saturated rings. The van der Waals surface area contributed by atoms with Crippen molar-refractivity contribution in [3.05, 3.63) is 21.7 Å². The van der Waals surface area contributed by atoms with Gasteiger partial charge in [0.2, 0.25) is 6.79 Å². The summed E-state index contributed by atoms with van der Waals surface area (Å²) in [6.07, 6.45) is 0.761. The fraction of sp³-hybridized carbons (Fsp3) is 0.400. The zero-order chi connectivity index (χ0) is 10.8. The highest BCUT2D eigenvalue weighted by Gasteiger charge is 2.20. The molecule has 0 aromatic heterocycles. The summed E-state index contributed by atoms with van der Waals surface area (Å²) in [5.41, 5.74) is 2.29. The average Bonchev–Trinajstić information content (AvgIpc) is 2.69. The van der Waals surface area contributed by atoms with Crippen molar-refractivity contribution in [2.45, 2.75) is 13.3 Å². The summed E-state index contributed by atoms with van der Waals surface area (Å²) in [6.45, 7) is 2.80. The Morgan fingerprint density at radius 3 is 3.07 bits per heavy atom. The van der Waals surface area contributed by atoms with Gasteiger partial charge in [-0.2, -0.15) is 0 Å². The Bertz CT molecular complexity index is 381. The maximum atomic E-state index is 5.34. The van der Waals surface area contributed by atoms with Gasteiger partial charge in [0.05, 0.1) is 11.1 Å². The molecule has 0 unspecified atom stereocenters. The van der Waals surface area contributed by atoms with Gasteiger partial charge in [0.1, 0.15) is 0 Å². The van der Waals surface area contributed by atoms with Crippen LogP contribution < -0.4 is 15.4 Å². The number of rotatable bonds is 3. The number of nitrogens with two attached hydrogens (primary N) is 1. The highest BCUT2D eigenvalue weighted by molar-refractivity contribution is 9.10. The molecule has 0 saturated carbocycles. The van der Waals surface area contributed by atoms with E-state index in [2.05, 4.69) is 20.8 Å². The van der Waals surface area contributed by atoms with Crippen LogP contribution in [0.2, 0.25) is 0 Å². The molecule has 0 spiro atoms. The SMILES string of the molecule is Cc1c(CCON)cc2c(c1Br)OCO2. The second-order valence-corrected chi connectivity index (χ2v) is 4.12. The molecule has 0 amide bonds. The standard InChI is InChI=1S/C10H12BrNO3/c1-6-7(2-3-15-12)4-8-10(9(6)11)14-5-13-8/h4H,2-3,5,12H2,1H3. The van der Waals surface area contributed by atoms with Crippen molar-refractivity contribution in [3.63, 3.8) is 0 Å². The molecule has 0 saturated heterocycles. The van der Waals surface area contributed by atoms with E-state index in [1.165, 1.54) is 0 Å². The Labute approximate surface area is 96.4 Å². The van der Waals surface area contributed by atoms with Crippen molar-refractivity contribution in [3.8, 4) is 11.5 Å². The van der Waals surface area contributed by atoms with Crippen molar-refractivity contribution in [2.75, 3.05) is 13.4 Å². The van der Waals surface area contributed by atoms with Gasteiger partial charge >= 0.3 is 0 Å². The first-order valence-electron chi connectivity index (χ1n) is 4.63. The fourth-order valence-electron chi connectivity index (χ4n) is 1.57. The summed E-state index contributed by atoms with van der Waals surface area (Å²) in [7, 11) is 0. The second-order valence-electron chi connectivity index (χ2n) is 3.33. The Morgan fingerprint density at radius 2 is 2.33 bits per heavy atom. The summed E-state index contributed by atoms with van der Waals surface area (Å²) in [5.74, 6) is 6.57. The molecule has 15 heavy (non-hydrogen) atoms. The van der Waals surface area contributed by atoms with Crippen LogP contribution in [0.25, 0.3) is 0 Å². The summed E-state index contributed by atoms with van der Waals surface area (Å²) in [6, 6.07) is 1.97. The first-order valence-corrected chi connectivity index (χ1v) is 5.42. The highest BCUT2D eigenvalue weighted by atomic mass is 79.9. The Balaban J connectivity index is 2.36. The maximum Gasteiger partial charge on any atom is 0.231 e. The van der Waals surface area contributed by atoms with E-state index >= 15 is 0 Å². The van der Waals surface area contributed by atoms with Gasteiger partial charge in [0.25, 0.3) is 0 Å². The number of hydrogen-bond acceptors (Lipinski definition) is 4.